The van der Waals surface area contributed by atoms with Gasteiger partial charge in [-0.05, 0) is 68.8 Å². The van der Waals surface area contributed by atoms with Crippen LogP contribution in [0.3, 0.4) is 0 Å². The summed E-state index contributed by atoms with van der Waals surface area (Å²) in [6, 6.07) is 0. The molecule has 2 aliphatic heterocycles. The van der Waals surface area contributed by atoms with Gasteiger partial charge in [0, 0.05) is 18.6 Å². The van der Waals surface area contributed by atoms with Gasteiger partial charge >= 0.3 is 17.9 Å². The fourth-order valence-corrected chi connectivity index (χ4v) is 7.01. The Labute approximate surface area is 207 Å². The van der Waals surface area contributed by atoms with E-state index in [1.165, 1.54) is 6.92 Å². The minimum absolute atomic E-state index is 0.00326. The summed E-state index contributed by atoms with van der Waals surface area (Å²) in [6.07, 6.45) is 5.32. The van der Waals surface area contributed by atoms with E-state index in [0.717, 1.165) is 12.0 Å². The second-order valence-electron chi connectivity index (χ2n) is 11.1. The fraction of sp³-hybridized carbons (Fsp3) is 0.741. The van der Waals surface area contributed by atoms with Crippen molar-refractivity contribution in [3.8, 4) is 0 Å². The van der Waals surface area contributed by atoms with Gasteiger partial charge in [0.25, 0.3) is 0 Å². The number of aliphatic hydroxyl groups is 1. The van der Waals surface area contributed by atoms with E-state index in [2.05, 4.69) is 13.8 Å². The van der Waals surface area contributed by atoms with Crippen LogP contribution in [0.5, 0.6) is 0 Å². The van der Waals surface area contributed by atoms with Crippen molar-refractivity contribution in [2.24, 2.45) is 22.7 Å². The first kappa shape index (κ1) is 25.9. The lowest BCUT2D eigenvalue weighted by Gasteiger charge is -2.63. The van der Waals surface area contributed by atoms with Gasteiger partial charge in [-0.15, -0.1) is 0 Å². The molecule has 1 N–H and O–H groups in total. The Morgan fingerprint density at radius 3 is 2.57 bits per heavy atom. The molecule has 1 saturated heterocycles. The van der Waals surface area contributed by atoms with Gasteiger partial charge in [0.15, 0.2) is 0 Å². The Morgan fingerprint density at radius 1 is 1.29 bits per heavy atom. The lowest BCUT2D eigenvalue weighted by Crippen LogP contribution is -2.70. The van der Waals surface area contributed by atoms with Crippen LogP contribution in [0, 0.1) is 22.7 Å². The van der Waals surface area contributed by atoms with Gasteiger partial charge in [-0.1, -0.05) is 19.9 Å². The third kappa shape index (κ3) is 4.22. The van der Waals surface area contributed by atoms with E-state index in [4.69, 9.17) is 18.9 Å². The van der Waals surface area contributed by atoms with E-state index >= 15 is 0 Å². The van der Waals surface area contributed by atoms with Crippen molar-refractivity contribution < 1.29 is 38.4 Å². The van der Waals surface area contributed by atoms with Crippen LogP contribution in [-0.4, -0.2) is 60.6 Å². The number of rotatable bonds is 7. The molecule has 4 aliphatic rings. The van der Waals surface area contributed by atoms with Crippen molar-refractivity contribution >= 4 is 17.9 Å². The predicted molar refractivity (Wildman–Crippen MR) is 126 cm³/mol. The number of carbonyl (C=O) groups is 3. The highest BCUT2D eigenvalue weighted by molar-refractivity contribution is 5.87. The molecule has 0 aromatic heterocycles. The van der Waals surface area contributed by atoms with Crippen molar-refractivity contribution in [1.29, 1.82) is 0 Å². The summed E-state index contributed by atoms with van der Waals surface area (Å²) in [5, 5.41) is 11.2. The normalized spacial score (nSPS) is 40.6. The number of ether oxygens (including phenoxy) is 4. The Kier molecular flexibility index (Phi) is 6.92. The topological polar surface area (TPSA) is 112 Å². The van der Waals surface area contributed by atoms with E-state index in [0.29, 0.717) is 44.5 Å². The maximum absolute atomic E-state index is 12.7. The molecule has 1 unspecified atom stereocenters. The lowest BCUT2D eigenvalue weighted by atomic mass is 9.42. The van der Waals surface area contributed by atoms with Gasteiger partial charge in [-0.3, -0.25) is 4.79 Å². The van der Waals surface area contributed by atoms with Crippen molar-refractivity contribution in [1.82, 2.24) is 0 Å². The molecule has 8 nitrogen and oxygen atoms in total. The van der Waals surface area contributed by atoms with E-state index in [-0.39, 0.29) is 29.8 Å². The molecule has 194 valence electrons. The quantitative estimate of drug-likeness (QED) is 0.251. The van der Waals surface area contributed by atoms with Gasteiger partial charge in [0.2, 0.25) is 0 Å². The number of fused-ring (bicyclic) bond motifs is 2. The summed E-state index contributed by atoms with van der Waals surface area (Å²) >= 11 is 0. The summed E-state index contributed by atoms with van der Waals surface area (Å²) < 4.78 is 23.0. The summed E-state index contributed by atoms with van der Waals surface area (Å²) in [6.45, 7) is 9.94. The largest absolute Gasteiger partial charge is 0.462 e. The zero-order valence-electron chi connectivity index (χ0n) is 21.4. The number of esters is 3. The molecule has 1 spiro atoms. The van der Waals surface area contributed by atoms with Crippen LogP contribution in [0.4, 0.5) is 0 Å². The first-order valence-corrected chi connectivity index (χ1v) is 12.7. The molecular formula is C27H38O8. The van der Waals surface area contributed by atoms with Crippen molar-refractivity contribution in [3.63, 3.8) is 0 Å². The van der Waals surface area contributed by atoms with Crippen LogP contribution in [0.1, 0.15) is 66.7 Å². The number of allylic oxidation sites excluding steroid dienone is 1. The molecule has 4 rings (SSSR count). The van der Waals surface area contributed by atoms with Crippen LogP contribution in [0.15, 0.2) is 23.3 Å². The fourth-order valence-electron chi connectivity index (χ4n) is 7.01. The number of epoxide rings is 1. The molecule has 0 aromatic rings. The Bertz CT molecular complexity index is 947. The molecule has 3 fully saturated rings. The van der Waals surface area contributed by atoms with E-state index in [1.54, 1.807) is 26.0 Å². The van der Waals surface area contributed by atoms with Crippen LogP contribution in [0.2, 0.25) is 0 Å². The first-order chi connectivity index (χ1) is 16.5. The van der Waals surface area contributed by atoms with E-state index in [9.17, 15) is 19.5 Å². The van der Waals surface area contributed by atoms with Gasteiger partial charge < -0.3 is 24.1 Å². The number of hydrogen-bond acceptors (Lipinski definition) is 8. The molecule has 0 amide bonds. The summed E-state index contributed by atoms with van der Waals surface area (Å²) in [4.78, 5) is 36.6. The van der Waals surface area contributed by atoms with Crippen molar-refractivity contribution in [2.75, 3.05) is 19.8 Å². The van der Waals surface area contributed by atoms with Gasteiger partial charge in [0.05, 0.1) is 18.1 Å². The van der Waals surface area contributed by atoms with E-state index < -0.39 is 35.2 Å². The predicted octanol–water partition coefficient (Wildman–Crippen LogP) is 3.26. The van der Waals surface area contributed by atoms with Crippen molar-refractivity contribution in [2.45, 2.75) is 84.5 Å². The van der Waals surface area contributed by atoms with E-state index in [1.807, 2.05) is 0 Å². The number of carbonyl (C=O) groups excluding carboxylic acids is 3. The van der Waals surface area contributed by atoms with Crippen LogP contribution < -0.4 is 0 Å². The van der Waals surface area contributed by atoms with Crippen LogP contribution >= 0.6 is 0 Å². The van der Waals surface area contributed by atoms with Crippen LogP contribution in [0.25, 0.3) is 0 Å². The summed E-state index contributed by atoms with van der Waals surface area (Å²) in [5.74, 6) is -0.981. The molecule has 0 bridgehead atoms. The van der Waals surface area contributed by atoms with Gasteiger partial charge in [0.1, 0.15) is 24.9 Å². The minimum atomic E-state index is -0.923. The van der Waals surface area contributed by atoms with Gasteiger partial charge in [-0.25, -0.2) is 9.59 Å². The zero-order valence-corrected chi connectivity index (χ0v) is 21.4. The molecule has 0 radical (unpaired) electrons. The first-order valence-electron chi connectivity index (χ1n) is 12.7. The van der Waals surface area contributed by atoms with Crippen molar-refractivity contribution in [3.05, 3.63) is 23.3 Å². The highest BCUT2D eigenvalue weighted by Gasteiger charge is 2.77. The highest BCUT2D eigenvalue weighted by Crippen LogP contribution is 2.69. The SMILES string of the molecule is C/C=C(\C)C(=O)OC[C@@]12[C@@H](OC(C)=O)C[C@@H](C)[C@](C)(CCC3=CC(=O)OC3)[C@H]1CC[C@H](O)C21CO1. The molecule has 8 heteroatoms. The lowest BCUT2D eigenvalue weighted by molar-refractivity contribution is -0.245. The zero-order chi connectivity index (χ0) is 25.6. The second kappa shape index (κ2) is 9.36. The van der Waals surface area contributed by atoms with Gasteiger partial charge in [-0.2, -0.15) is 0 Å². The number of cyclic esters (lactones) is 1. The maximum atomic E-state index is 12.7. The molecule has 7 atom stereocenters. The molecule has 2 saturated carbocycles. The van der Waals surface area contributed by atoms with Crippen LogP contribution in [-0.2, 0) is 33.3 Å². The standard InChI is InChI=1S/C27H38O8/c1-6-16(2)24(31)33-14-26-20(7-8-21(29)27(26)15-34-27)25(5,10-9-19-12-23(30)32-13-19)17(3)11-22(26)35-18(4)28/h6,12,17,20-22,29H,7-11,13-15H2,1-5H3/b16-6+/t17-,20-,21+,22+,25+,26+,27?/m1/s1. The molecule has 2 aliphatic carbocycles. The highest BCUT2D eigenvalue weighted by atomic mass is 16.6. The Hall–Kier alpha value is -2.19. The smallest absolute Gasteiger partial charge is 0.333 e. The maximum Gasteiger partial charge on any atom is 0.333 e. The molecule has 2 heterocycles. The minimum Gasteiger partial charge on any atom is -0.462 e. The second-order valence-corrected chi connectivity index (χ2v) is 11.1. The third-order valence-electron chi connectivity index (χ3n) is 9.41. The molecular weight excluding hydrogens is 452 g/mol. The molecule has 0 aromatic carbocycles. The average molecular weight is 491 g/mol. The monoisotopic (exact) mass is 490 g/mol. The summed E-state index contributed by atoms with van der Waals surface area (Å²) in [7, 11) is 0. The molecule has 35 heavy (non-hydrogen) atoms. The number of aliphatic hydroxyl groups excluding tert-OH is 1. The average Bonchev–Trinajstić information content (AvgIpc) is 3.51. The number of hydrogen-bond donors (Lipinski definition) is 1. The Morgan fingerprint density at radius 2 is 2.00 bits per heavy atom. The summed E-state index contributed by atoms with van der Waals surface area (Å²) in [5.41, 5.74) is -0.566. The third-order valence-corrected chi connectivity index (χ3v) is 9.41. The Balaban J connectivity index is 1.75.